The molecule has 1 saturated heterocycles. The van der Waals surface area contributed by atoms with Crippen LogP contribution in [-0.4, -0.2) is 42.6 Å². The fourth-order valence-corrected chi connectivity index (χ4v) is 2.22. The quantitative estimate of drug-likeness (QED) is 0.915. The van der Waals surface area contributed by atoms with Gasteiger partial charge in [0.05, 0.1) is 0 Å². The summed E-state index contributed by atoms with van der Waals surface area (Å²) in [5, 5.41) is 3.27. The van der Waals surface area contributed by atoms with Gasteiger partial charge in [-0.1, -0.05) is 0 Å². The average Bonchev–Trinajstić information content (AvgIpc) is 2.40. The van der Waals surface area contributed by atoms with E-state index >= 15 is 0 Å². The summed E-state index contributed by atoms with van der Waals surface area (Å²) in [5.41, 5.74) is 0. The normalized spacial score (nSPS) is 22.7. The molecule has 0 aromatic heterocycles. The van der Waals surface area contributed by atoms with Crippen LogP contribution in [0.25, 0.3) is 0 Å². The number of amides is 1. The fraction of sp³-hybridized carbons (Fsp3) is 0.500. The molecule has 0 saturated carbocycles. The Balaban J connectivity index is 1.94. The Morgan fingerprint density at radius 2 is 2.20 bits per heavy atom. The van der Waals surface area contributed by atoms with Gasteiger partial charge >= 0.3 is 0 Å². The van der Waals surface area contributed by atoms with Crippen LogP contribution in [0.3, 0.4) is 0 Å². The molecule has 1 aromatic carbocycles. The predicted molar refractivity (Wildman–Crippen MR) is 70.5 cm³/mol. The van der Waals surface area contributed by atoms with Gasteiger partial charge in [-0.2, -0.15) is 0 Å². The Hall–Kier alpha value is -1.69. The van der Waals surface area contributed by atoms with Crippen molar-refractivity contribution in [2.75, 3.05) is 19.7 Å². The van der Waals surface area contributed by atoms with E-state index in [2.05, 4.69) is 5.32 Å². The summed E-state index contributed by atoms with van der Waals surface area (Å²) in [5.74, 6) is -1.80. The molecule has 110 valence electrons. The van der Waals surface area contributed by atoms with Gasteiger partial charge < -0.3 is 15.0 Å². The van der Waals surface area contributed by atoms with Crippen molar-refractivity contribution >= 4 is 5.91 Å². The summed E-state index contributed by atoms with van der Waals surface area (Å²) in [4.78, 5) is 13.8. The van der Waals surface area contributed by atoms with E-state index in [9.17, 15) is 13.6 Å². The van der Waals surface area contributed by atoms with Crippen molar-refractivity contribution in [1.29, 1.82) is 0 Å². The molecule has 2 atom stereocenters. The number of rotatable bonds is 3. The van der Waals surface area contributed by atoms with Crippen molar-refractivity contribution in [2.45, 2.75) is 25.9 Å². The van der Waals surface area contributed by atoms with E-state index in [1.165, 1.54) is 6.07 Å². The molecule has 1 aliphatic heterocycles. The maximum absolute atomic E-state index is 13.4. The molecular weight excluding hydrogens is 266 g/mol. The molecular formula is C14H18F2N2O2. The van der Waals surface area contributed by atoms with Crippen molar-refractivity contribution in [3.8, 4) is 5.75 Å². The van der Waals surface area contributed by atoms with Crippen LogP contribution in [0.5, 0.6) is 5.75 Å². The molecule has 1 aliphatic rings. The Bertz CT molecular complexity index is 496. The van der Waals surface area contributed by atoms with Gasteiger partial charge in [0.2, 0.25) is 0 Å². The molecule has 2 unspecified atom stereocenters. The first-order valence-electron chi connectivity index (χ1n) is 6.59. The minimum atomic E-state index is -0.806. The first-order chi connectivity index (χ1) is 9.49. The molecule has 1 amide bonds. The number of hydrogen-bond acceptors (Lipinski definition) is 3. The average molecular weight is 284 g/mol. The summed E-state index contributed by atoms with van der Waals surface area (Å²) < 4.78 is 31.3. The van der Waals surface area contributed by atoms with Gasteiger partial charge in [-0.3, -0.25) is 4.79 Å². The molecule has 20 heavy (non-hydrogen) atoms. The van der Waals surface area contributed by atoms with Crippen molar-refractivity contribution in [2.24, 2.45) is 0 Å². The molecule has 1 aromatic rings. The number of carbonyl (C=O) groups excluding carboxylic acids is 1. The Labute approximate surface area is 116 Å². The maximum atomic E-state index is 13.4. The third-order valence-corrected chi connectivity index (χ3v) is 3.60. The van der Waals surface area contributed by atoms with Crippen LogP contribution < -0.4 is 10.1 Å². The molecule has 1 heterocycles. The summed E-state index contributed by atoms with van der Waals surface area (Å²) in [6, 6.07) is 3.27. The highest BCUT2D eigenvalue weighted by atomic mass is 19.1. The number of hydrogen-bond donors (Lipinski definition) is 1. The van der Waals surface area contributed by atoms with E-state index < -0.39 is 11.6 Å². The van der Waals surface area contributed by atoms with Gasteiger partial charge in [0.1, 0.15) is 5.82 Å². The van der Waals surface area contributed by atoms with Gasteiger partial charge in [0.15, 0.2) is 18.2 Å². The number of halogens is 2. The molecule has 0 spiro atoms. The first-order valence-corrected chi connectivity index (χ1v) is 6.59. The lowest BCUT2D eigenvalue weighted by Crippen LogP contribution is -2.58. The van der Waals surface area contributed by atoms with Crippen LogP contribution in [0.15, 0.2) is 18.2 Å². The topological polar surface area (TPSA) is 41.6 Å². The summed E-state index contributed by atoms with van der Waals surface area (Å²) in [6.07, 6.45) is 0. The number of nitrogens with zero attached hydrogens (tertiary/aromatic N) is 1. The molecule has 4 nitrogen and oxygen atoms in total. The van der Waals surface area contributed by atoms with Crippen molar-refractivity contribution < 1.29 is 18.3 Å². The Morgan fingerprint density at radius 1 is 1.45 bits per heavy atom. The highest BCUT2D eigenvalue weighted by Gasteiger charge is 2.28. The van der Waals surface area contributed by atoms with E-state index in [0.717, 1.165) is 18.7 Å². The minimum absolute atomic E-state index is 0.0536. The van der Waals surface area contributed by atoms with Gasteiger partial charge in [0, 0.05) is 31.2 Å². The van der Waals surface area contributed by atoms with Crippen LogP contribution in [0.4, 0.5) is 8.78 Å². The lowest BCUT2D eigenvalue weighted by atomic mass is 10.1. The second-order valence-electron chi connectivity index (χ2n) is 4.93. The van der Waals surface area contributed by atoms with Crippen LogP contribution in [-0.2, 0) is 4.79 Å². The van der Waals surface area contributed by atoms with Crippen LogP contribution in [0.2, 0.25) is 0 Å². The van der Waals surface area contributed by atoms with Gasteiger partial charge in [-0.05, 0) is 26.0 Å². The second-order valence-corrected chi connectivity index (χ2v) is 4.93. The highest BCUT2D eigenvalue weighted by Crippen LogP contribution is 2.18. The molecule has 0 radical (unpaired) electrons. The van der Waals surface area contributed by atoms with E-state index in [1.54, 1.807) is 4.90 Å². The predicted octanol–water partition coefficient (Wildman–Crippen LogP) is 1.55. The number of benzene rings is 1. The monoisotopic (exact) mass is 284 g/mol. The standard InChI is InChI=1S/C14H18F2N2O2/c1-9-10(2)18(6-5-17-9)14(19)8-20-13-4-3-11(15)7-12(13)16/h3-4,7,9-10,17H,5-6,8H2,1-2H3. The highest BCUT2D eigenvalue weighted by molar-refractivity contribution is 5.78. The summed E-state index contributed by atoms with van der Waals surface area (Å²) >= 11 is 0. The molecule has 0 bridgehead atoms. The van der Waals surface area contributed by atoms with E-state index in [1.807, 2.05) is 13.8 Å². The largest absolute Gasteiger partial charge is 0.481 e. The molecule has 6 heteroatoms. The van der Waals surface area contributed by atoms with Crippen molar-refractivity contribution in [3.63, 3.8) is 0 Å². The summed E-state index contributed by atoms with van der Waals surface area (Å²) in [7, 11) is 0. The van der Waals surface area contributed by atoms with Gasteiger partial charge in [0.25, 0.3) is 5.91 Å². The van der Waals surface area contributed by atoms with E-state index in [0.29, 0.717) is 6.54 Å². The third kappa shape index (κ3) is 3.25. The second kappa shape index (κ2) is 6.17. The molecule has 1 N–H and O–H groups in total. The third-order valence-electron chi connectivity index (χ3n) is 3.60. The SMILES string of the molecule is CC1NCCN(C(=O)COc2ccc(F)cc2F)C1C. The zero-order valence-corrected chi connectivity index (χ0v) is 11.5. The number of nitrogens with one attached hydrogen (secondary N) is 1. The van der Waals surface area contributed by atoms with Gasteiger partial charge in [-0.25, -0.2) is 8.78 Å². The smallest absolute Gasteiger partial charge is 0.260 e. The lowest BCUT2D eigenvalue weighted by molar-refractivity contribution is -0.137. The van der Waals surface area contributed by atoms with Crippen molar-refractivity contribution in [3.05, 3.63) is 29.8 Å². The number of ether oxygens (including phenoxy) is 1. The molecule has 2 rings (SSSR count). The van der Waals surface area contributed by atoms with E-state index in [-0.39, 0.29) is 30.3 Å². The van der Waals surface area contributed by atoms with Crippen LogP contribution in [0.1, 0.15) is 13.8 Å². The van der Waals surface area contributed by atoms with Gasteiger partial charge in [-0.15, -0.1) is 0 Å². The van der Waals surface area contributed by atoms with Crippen molar-refractivity contribution in [1.82, 2.24) is 10.2 Å². The maximum Gasteiger partial charge on any atom is 0.260 e. The van der Waals surface area contributed by atoms with Crippen LogP contribution >= 0.6 is 0 Å². The zero-order valence-electron chi connectivity index (χ0n) is 11.5. The Kier molecular flexibility index (Phi) is 4.54. The Morgan fingerprint density at radius 3 is 2.90 bits per heavy atom. The van der Waals surface area contributed by atoms with E-state index in [4.69, 9.17) is 4.74 Å². The fourth-order valence-electron chi connectivity index (χ4n) is 2.22. The molecule has 1 fully saturated rings. The zero-order chi connectivity index (χ0) is 14.7. The number of piperazine rings is 1. The summed E-state index contributed by atoms with van der Waals surface area (Å²) in [6.45, 7) is 5.03. The minimum Gasteiger partial charge on any atom is -0.481 e. The number of carbonyl (C=O) groups is 1. The lowest BCUT2D eigenvalue weighted by Gasteiger charge is -2.38. The first kappa shape index (κ1) is 14.7. The molecule has 0 aliphatic carbocycles. The van der Waals surface area contributed by atoms with Crippen LogP contribution in [0, 0.1) is 11.6 Å².